The topological polar surface area (TPSA) is 66.6 Å². The Morgan fingerprint density at radius 3 is 2.50 bits per heavy atom. The second kappa shape index (κ2) is 6.70. The summed E-state index contributed by atoms with van der Waals surface area (Å²) in [6.45, 7) is 5.56. The highest BCUT2D eigenvalue weighted by Crippen LogP contribution is 2.21. The van der Waals surface area contributed by atoms with E-state index in [1.807, 2.05) is 13.8 Å². The monoisotopic (exact) mass is 306 g/mol. The van der Waals surface area contributed by atoms with Gasteiger partial charge in [0.1, 0.15) is 5.82 Å². The highest BCUT2D eigenvalue weighted by molar-refractivity contribution is 5.93. The van der Waals surface area contributed by atoms with Gasteiger partial charge < -0.3 is 14.5 Å². The minimum Gasteiger partial charge on any atom is -0.392 e. The molecular weight excluding hydrogens is 287 g/mol. The third-order valence-electron chi connectivity index (χ3n) is 3.20. The van der Waals surface area contributed by atoms with Crippen LogP contribution in [0.1, 0.15) is 31.3 Å². The minimum atomic E-state index is -0.630. The molecule has 1 aromatic carbocycles. The predicted molar refractivity (Wildman–Crippen MR) is 79.8 cm³/mol. The molecule has 0 radical (unpaired) electrons. The second-order valence-electron chi connectivity index (χ2n) is 5.48. The first-order valence-corrected chi connectivity index (χ1v) is 7.10. The van der Waals surface area contributed by atoms with Gasteiger partial charge in [-0.2, -0.15) is 0 Å². The summed E-state index contributed by atoms with van der Waals surface area (Å²) in [5.41, 5.74) is 0.799. The molecule has 1 N–H and O–H groups in total. The highest BCUT2D eigenvalue weighted by atomic mass is 19.1. The summed E-state index contributed by atoms with van der Waals surface area (Å²) in [6, 6.07) is 7.18. The zero-order valence-electron chi connectivity index (χ0n) is 12.8. The Kier molecular flexibility index (Phi) is 4.92. The largest absolute Gasteiger partial charge is 0.392 e. The molecule has 0 bridgehead atoms. The van der Waals surface area contributed by atoms with E-state index in [0.717, 1.165) is 0 Å². The Morgan fingerprint density at radius 1 is 1.32 bits per heavy atom. The molecule has 1 atom stereocenters. The van der Waals surface area contributed by atoms with Gasteiger partial charge in [0, 0.05) is 24.2 Å². The van der Waals surface area contributed by atoms with Crippen LogP contribution in [-0.2, 0) is 0 Å². The van der Waals surface area contributed by atoms with Gasteiger partial charge in [0.15, 0.2) is 11.5 Å². The van der Waals surface area contributed by atoms with Gasteiger partial charge in [0.05, 0.1) is 6.10 Å². The van der Waals surface area contributed by atoms with Crippen molar-refractivity contribution in [1.82, 2.24) is 10.1 Å². The van der Waals surface area contributed by atoms with E-state index in [9.17, 15) is 14.3 Å². The number of aromatic nitrogens is 1. The first-order valence-electron chi connectivity index (χ1n) is 7.10. The fraction of sp³-hybridized carbons (Fsp3) is 0.375. The number of aliphatic hydroxyl groups is 1. The fourth-order valence-electron chi connectivity index (χ4n) is 2.09. The number of rotatable bonds is 5. The molecule has 0 aliphatic carbocycles. The first kappa shape index (κ1) is 16.2. The molecule has 0 saturated carbocycles. The van der Waals surface area contributed by atoms with Crippen molar-refractivity contribution in [3.8, 4) is 11.3 Å². The summed E-state index contributed by atoms with van der Waals surface area (Å²) < 4.78 is 18.1. The van der Waals surface area contributed by atoms with Crippen LogP contribution < -0.4 is 0 Å². The summed E-state index contributed by atoms with van der Waals surface area (Å²) in [5, 5.41) is 13.3. The number of carbonyl (C=O) groups is 1. The molecule has 1 aromatic heterocycles. The second-order valence-corrected chi connectivity index (χ2v) is 5.48. The van der Waals surface area contributed by atoms with Crippen LogP contribution in [0.4, 0.5) is 4.39 Å². The van der Waals surface area contributed by atoms with E-state index in [1.54, 1.807) is 19.1 Å². The number of nitrogens with zero attached hydrogens (tertiary/aromatic N) is 2. The van der Waals surface area contributed by atoms with Crippen LogP contribution in [0.5, 0.6) is 0 Å². The van der Waals surface area contributed by atoms with E-state index >= 15 is 0 Å². The molecule has 5 nitrogen and oxygen atoms in total. The van der Waals surface area contributed by atoms with Crippen LogP contribution >= 0.6 is 0 Å². The van der Waals surface area contributed by atoms with Crippen molar-refractivity contribution in [3.63, 3.8) is 0 Å². The van der Waals surface area contributed by atoms with E-state index in [-0.39, 0.29) is 30.0 Å². The van der Waals surface area contributed by atoms with E-state index in [0.29, 0.717) is 11.3 Å². The number of benzene rings is 1. The molecule has 6 heteroatoms. The molecule has 0 aliphatic rings. The smallest absolute Gasteiger partial charge is 0.276 e. The first-order chi connectivity index (χ1) is 10.4. The molecule has 0 aliphatic heterocycles. The van der Waals surface area contributed by atoms with Crippen molar-refractivity contribution in [3.05, 3.63) is 41.8 Å². The van der Waals surface area contributed by atoms with Crippen LogP contribution in [0, 0.1) is 5.82 Å². The lowest BCUT2D eigenvalue weighted by Crippen LogP contribution is -2.41. The SMILES string of the molecule is CC(O)CN(C(=O)c1cc(-c2ccc(F)cc2)on1)C(C)C. The molecule has 22 heavy (non-hydrogen) atoms. The van der Waals surface area contributed by atoms with E-state index in [4.69, 9.17) is 4.52 Å². The van der Waals surface area contributed by atoms with Gasteiger partial charge in [-0.25, -0.2) is 4.39 Å². The Bertz CT molecular complexity index is 635. The average molecular weight is 306 g/mol. The van der Waals surface area contributed by atoms with Crippen LogP contribution in [0.2, 0.25) is 0 Å². The maximum absolute atomic E-state index is 12.9. The number of hydrogen-bond acceptors (Lipinski definition) is 4. The predicted octanol–water partition coefficient (Wildman–Crippen LogP) is 2.71. The molecule has 0 fully saturated rings. The third kappa shape index (κ3) is 3.71. The van der Waals surface area contributed by atoms with Crippen molar-refractivity contribution >= 4 is 5.91 Å². The van der Waals surface area contributed by atoms with E-state index in [1.165, 1.54) is 23.1 Å². The molecule has 1 heterocycles. The van der Waals surface area contributed by atoms with E-state index < -0.39 is 6.10 Å². The van der Waals surface area contributed by atoms with Gasteiger partial charge >= 0.3 is 0 Å². The van der Waals surface area contributed by atoms with Crippen LogP contribution in [-0.4, -0.2) is 39.8 Å². The lowest BCUT2D eigenvalue weighted by Gasteiger charge is -2.26. The van der Waals surface area contributed by atoms with Gasteiger partial charge in [-0.05, 0) is 45.0 Å². The number of carbonyl (C=O) groups excluding carboxylic acids is 1. The zero-order chi connectivity index (χ0) is 16.3. The zero-order valence-corrected chi connectivity index (χ0v) is 12.8. The fourth-order valence-corrected chi connectivity index (χ4v) is 2.09. The van der Waals surface area contributed by atoms with Gasteiger partial charge in [-0.1, -0.05) is 5.16 Å². The summed E-state index contributed by atoms with van der Waals surface area (Å²) in [4.78, 5) is 14.0. The maximum Gasteiger partial charge on any atom is 0.276 e. The molecule has 2 aromatic rings. The lowest BCUT2D eigenvalue weighted by atomic mass is 10.1. The van der Waals surface area contributed by atoms with Gasteiger partial charge in [-0.15, -0.1) is 0 Å². The van der Waals surface area contributed by atoms with Crippen molar-refractivity contribution in [2.24, 2.45) is 0 Å². The summed E-state index contributed by atoms with van der Waals surface area (Å²) >= 11 is 0. The van der Waals surface area contributed by atoms with Crippen molar-refractivity contribution in [1.29, 1.82) is 0 Å². The Hall–Kier alpha value is -2.21. The molecule has 2 rings (SSSR count). The highest BCUT2D eigenvalue weighted by Gasteiger charge is 2.23. The molecule has 118 valence electrons. The quantitative estimate of drug-likeness (QED) is 0.922. The van der Waals surface area contributed by atoms with Crippen LogP contribution in [0.3, 0.4) is 0 Å². The van der Waals surface area contributed by atoms with Gasteiger partial charge in [-0.3, -0.25) is 4.79 Å². The van der Waals surface area contributed by atoms with Crippen molar-refractivity contribution < 1.29 is 18.8 Å². The van der Waals surface area contributed by atoms with Crippen molar-refractivity contribution in [2.75, 3.05) is 6.54 Å². The van der Waals surface area contributed by atoms with E-state index in [2.05, 4.69) is 5.16 Å². The Morgan fingerprint density at radius 2 is 1.95 bits per heavy atom. The number of aliphatic hydroxyl groups excluding tert-OH is 1. The normalized spacial score (nSPS) is 12.5. The molecule has 1 unspecified atom stereocenters. The standard InChI is InChI=1S/C16H19FN2O3/c1-10(2)19(9-11(3)20)16(21)14-8-15(22-18-14)12-4-6-13(17)7-5-12/h4-8,10-11,20H,9H2,1-3H3. The Labute approximate surface area is 128 Å². The molecule has 0 spiro atoms. The lowest BCUT2D eigenvalue weighted by molar-refractivity contribution is 0.0569. The third-order valence-corrected chi connectivity index (χ3v) is 3.20. The van der Waals surface area contributed by atoms with Gasteiger partial charge in [0.25, 0.3) is 5.91 Å². The van der Waals surface area contributed by atoms with Crippen molar-refractivity contribution in [2.45, 2.75) is 32.9 Å². The number of hydrogen-bond donors (Lipinski definition) is 1. The summed E-state index contributed by atoms with van der Waals surface area (Å²) in [6.07, 6.45) is -0.630. The number of amides is 1. The minimum absolute atomic E-state index is 0.0759. The van der Waals surface area contributed by atoms with Gasteiger partial charge in [0.2, 0.25) is 0 Å². The summed E-state index contributed by atoms with van der Waals surface area (Å²) in [5.74, 6) is -0.264. The van der Waals surface area contributed by atoms with Crippen LogP contribution in [0.25, 0.3) is 11.3 Å². The average Bonchev–Trinajstić information content (AvgIpc) is 2.94. The van der Waals surface area contributed by atoms with Crippen LogP contribution in [0.15, 0.2) is 34.9 Å². The number of halogens is 1. The Balaban J connectivity index is 2.22. The molecule has 0 saturated heterocycles. The summed E-state index contributed by atoms with van der Waals surface area (Å²) in [7, 11) is 0. The molecular formula is C16H19FN2O3. The maximum atomic E-state index is 12.9. The molecule has 1 amide bonds.